The van der Waals surface area contributed by atoms with Gasteiger partial charge in [0, 0.05) is 23.6 Å². The van der Waals surface area contributed by atoms with Crippen LogP contribution < -0.4 is 5.73 Å². The fourth-order valence-corrected chi connectivity index (χ4v) is 4.14. The molecule has 0 bridgehead atoms. The van der Waals surface area contributed by atoms with Crippen LogP contribution in [0.4, 0.5) is 0 Å². The van der Waals surface area contributed by atoms with Gasteiger partial charge in [0.1, 0.15) is 0 Å². The summed E-state index contributed by atoms with van der Waals surface area (Å²) in [5, 5.41) is 2.16. The molecule has 1 aromatic rings. The van der Waals surface area contributed by atoms with Gasteiger partial charge in [0.05, 0.1) is 12.1 Å². The zero-order valence-corrected chi connectivity index (χ0v) is 12.5. The lowest BCUT2D eigenvalue weighted by Crippen LogP contribution is -2.45. The lowest BCUT2D eigenvalue weighted by Gasteiger charge is -2.36. The van der Waals surface area contributed by atoms with Crippen LogP contribution in [0.5, 0.6) is 0 Å². The molecule has 0 radical (unpaired) electrons. The van der Waals surface area contributed by atoms with E-state index in [1.807, 2.05) is 11.3 Å². The van der Waals surface area contributed by atoms with E-state index in [0.29, 0.717) is 18.2 Å². The molecule has 2 rings (SSSR count). The zero-order valence-electron chi connectivity index (χ0n) is 11.7. The first kappa shape index (κ1) is 14.0. The predicted octanol–water partition coefficient (Wildman–Crippen LogP) is 2.55. The number of likely N-dealkylation sites (N-methyl/N-ethyl adjacent to an activating group) is 1. The molecule has 3 nitrogen and oxygen atoms in total. The standard InChI is InChI=1S/C14H24N2OS/c1-9-6-8-18-14(9)13(10(2)15)16(4)12-5-7-17-11(12)3/h6,8,10-13H,5,7,15H2,1-4H3. The van der Waals surface area contributed by atoms with Crippen LogP contribution in [0.2, 0.25) is 0 Å². The second-order valence-electron chi connectivity index (χ2n) is 5.37. The summed E-state index contributed by atoms with van der Waals surface area (Å²) in [4.78, 5) is 3.81. The van der Waals surface area contributed by atoms with Crippen LogP contribution in [0.15, 0.2) is 11.4 Å². The highest BCUT2D eigenvalue weighted by molar-refractivity contribution is 7.10. The average molecular weight is 268 g/mol. The van der Waals surface area contributed by atoms with E-state index in [2.05, 4.69) is 44.2 Å². The Balaban J connectivity index is 2.23. The van der Waals surface area contributed by atoms with Crippen molar-refractivity contribution < 1.29 is 4.74 Å². The van der Waals surface area contributed by atoms with Crippen LogP contribution in [0.3, 0.4) is 0 Å². The van der Waals surface area contributed by atoms with Crippen molar-refractivity contribution in [3.05, 3.63) is 21.9 Å². The first-order chi connectivity index (χ1) is 8.52. The molecule has 102 valence electrons. The lowest BCUT2D eigenvalue weighted by molar-refractivity contribution is 0.0632. The molecule has 1 aromatic heterocycles. The fraction of sp³-hybridized carbons (Fsp3) is 0.714. The van der Waals surface area contributed by atoms with Crippen molar-refractivity contribution in [3.8, 4) is 0 Å². The maximum Gasteiger partial charge on any atom is 0.0703 e. The van der Waals surface area contributed by atoms with Crippen molar-refractivity contribution in [3.63, 3.8) is 0 Å². The summed E-state index contributed by atoms with van der Waals surface area (Å²) in [7, 11) is 2.18. The molecule has 1 aliphatic rings. The Labute approximate surface area is 114 Å². The molecule has 0 amide bonds. The van der Waals surface area contributed by atoms with E-state index >= 15 is 0 Å². The molecular formula is C14H24N2OS. The minimum Gasteiger partial charge on any atom is -0.377 e. The molecule has 1 aliphatic heterocycles. The number of rotatable bonds is 4. The molecule has 0 saturated carbocycles. The maximum absolute atomic E-state index is 6.23. The van der Waals surface area contributed by atoms with E-state index in [1.54, 1.807) is 0 Å². The second-order valence-corrected chi connectivity index (χ2v) is 6.32. The number of nitrogens with zero attached hydrogens (tertiary/aromatic N) is 1. The second kappa shape index (κ2) is 5.70. The van der Waals surface area contributed by atoms with Crippen LogP contribution in [0.1, 0.15) is 36.8 Å². The normalized spacial score (nSPS) is 27.7. The first-order valence-corrected chi connectivity index (χ1v) is 7.53. The van der Waals surface area contributed by atoms with Crippen molar-refractivity contribution in [2.75, 3.05) is 13.7 Å². The molecule has 0 aliphatic carbocycles. The van der Waals surface area contributed by atoms with Crippen molar-refractivity contribution >= 4 is 11.3 Å². The molecule has 0 aromatic carbocycles. The SMILES string of the molecule is Cc1ccsc1C(C(C)N)N(C)C1CCOC1C. The number of thiophene rings is 1. The molecule has 4 unspecified atom stereocenters. The summed E-state index contributed by atoms with van der Waals surface area (Å²) in [5.74, 6) is 0. The molecular weight excluding hydrogens is 244 g/mol. The highest BCUT2D eigenvalue weighted by Crippen LogP contribution is 2.33. The highest BCUT2D eigenvalue weighted by Gasteiger charge is 2.34. The molecule has 4 atom stereocenters. The largest absolute Gasteiger partial charge is 0.377 e. The van der Waals surface area contributed by atoms with Gasteiger partial charge in [0.15, 0.2) is 0 Å². The Morgan fingerprint density at radius 1 is 1.56 bits per heavy atom. The van der Waals surface area contributed by atoms with E-state index in [4.69, 9.17) is 10.5 Å². The monoisotopic (exact) mass is 268 g/mol. The van der Waals surface area contributed by atoms with Crippen LogP contribution in [-0.4, -0.2) is 36.7 Å². The third-order valence-electron chi connectivity index (χ3n) is 3.97. The number of hydrogen-bond donors (Lipinski definition) is 1. The van der Waals surface area contributed by atoms with Gasteiger partial charge < -0.3 is 10.5 Å². The van der Waals surface area contributed by atoms with Gasteiger partial charge in [-0.15, -0.1) is 11.3 Å². The first-order valence-electron chi connectivity index (χ1n) is 6.65. The quantitative estimate of drug-likeness (QED) is 0.912. The highest BCUT2D eigenvalue weighted by atomic mass is 32.1. The van der Waals surface area contributed by atoms with Gasteiger partial charge in [-0.3, -0.25) is 4.90 Å². The topological polar surface area (TPSA) is 38.5 Å². The van der Waals surface area contributed by atoms with E-state index < -0.39 is 0 Å². The van der Waals surface area contributed by atoms with Crippen molar-refractivity contribution in [2.45, 2.75) is 51.4 Å². The lowest BCUT2D eigenvalue weighted by atomic mass is 10.0. The van der Waals surface area contributed by atoms with Gasteiger partial charge in [0.2, 0.25) is 0 Å². The van der Waals surface area contributed by atoms with Crippen molar-refractivity contribution in [2.24, 2.45) is 5.73 Å². The molecule has 2 N–H and O–H groups in total. The summed E-state index contributed by atoms with van der Waals surface area (Å²) in [5.41, 5.74) is 7.58. The zero-order chi connectivity index (χ0) is 13.3. The van der Waals surface area contributed by atoms with Gasteiger partial charge in [-0.05, 0) is 51.2 Å². The molecule has 1 saturated heterocycles. The van der Waals surface area contributed by atoms with Crippen molar-refractivity contribution in [1.82, 2.24) is 4.90 Å². The molecule has 2 heterocycles. The molecule has 4 heteroatoms. The summed E-state index contributed by atoms with van der Waals surface area (Å²) >= 11 is 1.81. The van der Waals surface area contributed by atoms with Gasteiger partial charge in [-0.25, -0.2) is 0 Å². The van der Waals surface area contributed by atoms with Crippen LogP contribution in [0.25, 0.3) is 0 Å². The van der Waals surface area contributed by atoms with E-state index in [-0.39, 0.29) is 6.04 Å². The fourth-order valence-electron chi connectivity index (χ4n) is 2.94. The third-order valence-corrected chi connectivity index (χ3v) is 5.06. The maximum atomic E-state index is 6.23. The average Bonchev–Trinajstić information content (AvgIpc) is 2.88. The van der Waals surface area contributed by atoms with E-state index in [0.717, 1.165) is 13.0 Å². The molecule has 1 fully saturated rings. The Morgan fingerprint density at radius 2 is 2.28 bits per heavy atom. The van der Waals surface area contributed by atoms with Gasteiger partial charge in [-0.1, -0.05) is 0 Å². The summed E-state index contributed by atoms with van der Waals surface area (Å²) < 4.78 is 5.68. The number of aryl methyl sites for hydroxylation is 1. The number of hydrogen-bond acceptors (Lipinski definition) is 4. The number of ether oxygens (including phenoxy) is 1. The Bertz CT molecular complexity index is 391. The third kappa shape index (κ3) is 2.62. The van der Waals surface area contributed by atoms with Crippen LogP contribution in [-0.2, 0) is 4.74 Å². The van der Waals surface area contributed by atoms with E-state index in [1.165, 1.54) is 10.4 Å². The summed E-state index contributed by atoms with van der Waals surface area (Å²) in [6, 6.07) is 3.07. The van der Waals surface area contributed by atoms with Gasteiger partial charge in [-0.2, -0.15) is 0 Å². The van der Waals surface area contributed by atoms with Crippen LogP contribution in [0, 0.1) is 6.92 Å². The predicted molar refractivity (Wildman–Crippen MR) is 77.0 cm³/mol. The Hall–Kier alpha value is -0.420. The molecule has 18 heavy (non-hydrogen) atoms. The van der Waals surface area contributed by atoms with Crippen molar-refractivity contribution in [1.29, 1.82) is 0 Å². The number of nitrogens with two attached hydrogens (primary N) is 1. The van der Waals surface area contributed by atoms with Gasteiger partial charge in [0.25, 0.3) is 0 Å². The minimum absolute atomic E-state index is 0.125. The minimum atomic E-state index is 0.125. The van der Waals surface area contributed by atoms with Gasteiger partial charge >= 0.3 is 0 Å². The van der Waals surface area contributed by atoms with Crippen LogP contribution >= 0.6 is 11.3 Å². The Kier molecular flexibility index (Phi) is 4.43. The van der Waals surface area contributed by atoms with E-state index in [9.17, 15) is 0 Å². The summed E-state index contributed by atoms with van der Waals surface area (Å²) in [6.45, 7) is 7.30. The summed E-state index contributed by atoms with van der Waals surface area (Å²) in [6.07, 6.45) is 1.40. The Morgan fingerprint density at radius 3 is 2.72 bits per heavy atom. The smallest absolute Gasteiger partial charge is 0.0703 e. The molecule has 0 spiro atoms.